The number of hydrogen-bond acceptors (Lipinski definition) is 3. The lowest BCUT2D eigenvalue weighted by Crippen LogP contribution is -2.46. The smallest absolute Gasteiger partial charge is 0.231 e. The van der Waals surface area contributed by atoms with Gasteiger partial charge in [0.05, 0.1) is 0 Å². The summed E-state index contributed by atoms with van der Waals surface area (Å²) < 4.78 is 4.83. The van der Waals surface area contributed by atoms with Crippen LogP contribution in [0.15, 0.2) is 12.5 Å². The van der Waals surface area contributed by atoms with E-state index in [1.807, 2.05) is 0 Å². The summed E-state index contributed by atoms with van der Waals surface area (Å²) in [5.74, 6) is -0.667. The molecule has 1 aliphatic heterocycles. The number of rotatable bonds is 0. The Hall–Kier alpha value is -0.700. The Labute approximate surface area is 42.1 Å². The van der Waals surface area contributed by atoms with Crippen molar-refractivity contribution in [3.05, 3.63) is 12.5 Å². The Morgan fingerprint density at radius 1 is 1.86 bits per heavy atom. The van der Waals surface area contributed by atoms with Gasteiger partial charge in [0.15, 0.2) is 0 Å². The maximum Gasteiger partial charge on any atom is 0.231 e. The Morgan fingerprint density at radius 2 is 2.57 bits per heavy atom. The van der Waals surface area contributed by atoms with Crippen LogP contribution in [0.25, 0.3) is 0 Å². The normalized spacial score (nSPS) is 37.4. The number of hydrogen-bond donors (Lipinski definition) is 2. The van der Waals surface area contributed by atoms with Gasteiger partial charge in [0, 0.05) is 13.1 Å². The number of nitrogens with two attached hydrogens (primary N) is 1. The predicted molar refractivity (Wildman–Crippen MR) is 26.0 cm³/mol. The molecule has 0 saturated carbocycles. The van der Waals surface area contributed by atoms with E-state index in [9.17, 15) is 0 Å². The molecule has 3 N–H and O–H groups in total. The van der Waals surface area contributed by atoms with E-state index < -0.39 is 5.85 Å². The van der Waals surface area contributed by atoms with E-state index in [1.54, 1.807) is 13.1 Å². The highest BCUT2D eigenvalue weighted by atomic mass is 16.5. The van der Waals surface area contributed by atoms with Crippen LogP contribution < -0.4 is 11.1 Å². The molecule has 40 valence electrons. The number of nitrogens with one attached hydrogen (secondary N) is 1. The molecule has 0 fully saturated rings. The van der Waals surface area contributed by atoms with Crippen LogP contribution in [0.4, 0.5) is 0 Å². The highest BCUT2D eigenvalue weighted by Crippen LogP contribution is 2.01. The van der Waals surface area contributed by atoms with Crippen molar-refractivity contribution in [2.75, 3.05) is 0 Å². The molecule has 1 aliphatic rings. The molecule has 0 aromatic rings. The van der Waals surface area contributed by atoms with Crippen molar-refractivity contribution in [1.82, 2.24) is 5.32 Å². The van der Waals surface area contributed by atoms with Gasteiger partial charge in [0.25, 0.3) is 0 Å². The summed E-state index contributed by atoms with van der Waals surface area (Å²) >= 11 is 0. The van der Waals surface area contributed by atoms with Gasteiger partial charge in [-0.2, -0.15) is 0 Å². The first-order valence-electron chi connectivity index (χ1n) is 2.10. The van der Waals surface area contributed by atoms with E-state index in [4.69, 9.17) is 10.5 Å². The van der Waals surface area contributed by atoms with Crippen LogP contribution >= 0.6 is 0 Å². The standard InChI is InChI=1S/C4H8N2O/c1-4(5)6-2-3-7-4/h2-3,6H,5H2,1H3. The van der Waals surface area contributed by atoms with Crippen molar-refractivity contribution in [3.8, 4) is 0 Å². The minimum absolute atomic E-state index is 0.667. The molecule has 7 heavy (non-hydrogen) atoms. The fourth-order valence-corrected chi connectivity index (χ4v) is 0.409. The molecule has 0 amide bonds. The SMILES string of the molecule is CC1(N)NC=CO1. The minimum atomic E-state index is -0.667. The van der Waals surface area contributed by atoms with Gasteiger partial charge in [0.2, 0.25) is 5.85 Å². The van der Waals surface area contributed by atoms with E-state index in [2.05, 4.69) is 5.32 Å². The average molecular weight is 100 g/mol. The molecule has 1 heterocycles. The second-order valence-electron chi connectivity index (χ2n) is 1.67. The van der Waals surface area contributed by atoms with Crippen LogP contribution in [0.1, 0.15) is 6.92 Å². The molecule has 1 atom stereocenters. The fourth-order valence-electron chi connectivity index (χ4n) is 0.409. The zero-order chi connectivity index (χ0) is 5.33. The average Bonchev–Trinajstić information content (AvgIpc) is 1.84. The van der Waals surface area contributed by atoms with Gasteiger partial charge in [-0.3, -0.25) is 5.73 Å². The molecular weight excluding hydrogens is 92.1 g/mol. The van der Waals surface area contributed by atoms with Crippen LogP contribution in [-0.4, -0.2) is 5.85 Å². The van der Waals surface area contributed by atoms with Gasteiger partial charge in [-0.25, -0.2) is 0 Å². The van der Waals surface area contributed by atoms with Crippen molar-refractivity contribution < 1.29 is 4.74 Å². The molecule has 0 bridgehead atoms. The maximum absolute atomic E-state index is 5.38. The van der Waals surface area contributed by atoms with Crippen molar-refractivity contribution in [2.24, 2.45) is 5.73 Å². The molecule has 3 nitrogen and oxygen atoms in total. The lowest BCUT2D eigenvalue weighted by molar-refractivity contribution is 0.0502. The molecule has 1 rings (SSSR count). The third-order valence-electron chi connectivity index (χ3n) is 0.751. The first-order valence-corrected chi connectivity index (χ1v) is 2.10. The molecule has 0 aromatic carbocycles. The number of ether oxygens (including phenoxy) is 1. The zero-order valence-corrected chi connectivity index (χ0v) is 4.14. The van der Waals surface area contributed by atoms with Crippen LogP contribution in [0, 0.1) is 0 Å². The quantitative estimate of drug-likeness (QED) is 0.439. The van der Waals surface area contributed by atoms with Crippen LogP contribution in [0.3, 0.4) is 0 Å². The van der Waals surface area contributed by atoms with Crippen LogP contribution in [-0.2, 0) is 4.74 Å². The van der Waals surface area contributed by atoms with Gasteiger partial charge in [-0.1, -0.05) is 0 Å². The lowest BCUT2D eigenvalue weighted by Gasteiger charge is -2.16. The van der Waals surface area contributed by atoms with E-state index in [0.717, 1.165) is 0 Å². The van der Waals surface area contributed by atoms with Crippen molar-refractivity contribution >= 4 is 0 Å². The van der Waals surface area contributed by atoms with Crippen LogP contribution in [0.5, 0.6) is 0 Å². The molecular formula is C4H8N2O. The predicted octanol–water partition coefficient (Wildman–Crippen LogP) is -0.290. The summed E-state index contributed by atoms with van der Waals surface area (Å²) in [6.07, 6.45) is 3.19. The van der Waals surface area contributed by atoms with Crippen molar-refractivity contribution in [3.63, 3.8) is 0 Å². The Bertz CT molecular complexity index is 87.9. The molecule has 0 radical (unpaired) electrons. The molecule has 1 unspecified atom stereocenters. The van der Waals surface area contributed by atoms with E-state index in [0.29, 0.717) is 0 Å². The third-order valence-corrected chi connectivity index (χ3v) is 0.751. The molecule has 0 aliphatic carbocycles. The van der Waals surface area contributed by atoms with Crippen molar-refractivity contribution in [2.45, 2.75) is 12.8 Å². The third kappa shape index (κ3) is 0.838. The van der Waals surface area contributed by atoms with Crippen molar-refractivity contribution in [1.29, 1.82) is 0 Å². The summed E-state index contributed by atoms with van der Waals surface area (Å²) in [4.78, 5) is 0. The summed E-state index contributed by atoms with van der Waals surface area (Å²) in [6.45, 7) is 1.74. The molecule has 0 spiro atoms. The first kappa shape index (κ1) is 4.46. The summed E-state index contributed by atoms with van der Waals surface area (Å²) in [6, 6.07) is 0. The maximum atomic E-state index is 5.38. The lowest BCUT2D eigenvalue weighted by atomic mass is 10.5. The van der Waals surface area contributed by atoms with Gasteiger partial charge >= 0.3 is 0 Å². The molecule has 0 saturated heterocycles. The second-order valence-corrected chi connectivity index (χ2v) is 1.67. The highest BCUT2D eigenvalue weighted by molar-refractivity contribution is 4.85. The van der Waals surface area contributed by atoms with Gasteiger partial charge in [-0.05, 0) is 0 Å². The Morgan fingerprint density at radius 3 is 2.71 bits per heavy atom. The van der Waals surface area contributed by atoms with Gasteiger partial charge in [0.1, 0.15) is 6.26 Å². The minimum Gasteiger partial charge on any atom is -0.462 e. The Kier molecular flexibility index (Phi) is 0.722. The summed E-state index contributed by atoms with van der Waals surface area (Å²) in [5, 5.41) is 2.77. The zero-order valence-electron chi connectivity index (χ0n) is 4.14. The molecule has 0 aromatic heterocycles. The monoisotopic (exact) mass is 100 g/mol. The largest absolute Gasteiger partial charge is 0.462 e. The Balaban J connectivity index is 2.49. The summed E-state index contributed by atoms with van der Waals surface area (Å²) in [7, 11) is 0. The highest BCUT2D eigenvalue weighted by Gasteiger charge is 2.18. The first-order chi connectivity index (χ1) is 3.21. The van der Waals surface area contributed by atoms with Gasteiger partial charge in [-0.15, -0.1) is 0 Å². The van der Waals surface area contributed by atoms with E-state index >= 15 is 0 Å². The van der Waals surface area contributed by atoms with E-state index in [-0.39, 0.29) is 0 Å². The topological polar surface area (TPSA) is 47.3 Å². The van der Waals surface area contributed by atoms with Crippen LogP contribution in [0.2, 0.25) is 0 Å². The van der Waals surface area contributed by atoms with Gasteiger partial charge < -0.3 is 10.1 Å². The second kappa shape index (κ2) is 1.13. The molecule has 3 heteroatoms. The van der Waals surface area contributed by atoms with E-state index in [1.165, 1.54) is 6.26 Å². The fraction of sp³-hybridized carbons (Fsp3) is 0.500. The summed E-state index contributed by atoms with van der Waals surface area (Å²) in [5.41, 5.74) is 5.38.